The maximum atomic E-state index is 12.1. The molecule has 2 heterocycles. The van der Waals surface area contributed by atoms with Crippen LogP contribution in [0, 0.1) is 5.41 Å². The van der Waals surface area contributed by atoms with Crippen LogP contribution in [0.4, 0.5) is 5.13 Å². The Morgan fingerprint density at radius 1 is 1.38 bits per heavy atom. The molecular formula is C14H16N2O4S. The number of carbonyl (C=O) groups is 2. The van der Waals surface area contributed by atoms with Gasteiger partial charge in [0, 0.05) is 6.42 Å². The number of thiazole rings is 1. The van der Waals surface area contributed by atoms with Crippen molar-refractivity contribution in [2.24, 2.45) is 5.41 Å². The number of nitrogens with zero attached hydrogens (tertiary/aromatic N) is 1. The molecule has 112 valence electrons. The number of fused-ring (bicyclic) bond motifs is 1. The van der Waals surface area contributed by atoms with Gasteiger partial charge in [-0.3, -0.25) is 14.9 Å². The highest BCUT2D eigenvalue weighted by molar-refractivity contribution is 7.17. The molecule has 0 atom stereocenters. The Labute approximate surface area is 126 Å². The quantitative estimate of drug-likeness (QED) is 0.905. The maximum absolute atomic E-state index is 12.1. The van der Waals surface area contributed by atoms with E-state index in [0.717, 1.165) is 12.1 Å². The van der Waals surface area contributed by atoms with Crippen LogP contribution < -0.4 is 5.32 Å². The van der Waals surface area contributed by atoms with E-state index in [9.17, 15) is 9.59 Å². The smallest absolute Gasteiger partial charge is 0.295 e. The number of aromatic nitrogens is 1. The van der Waals surface area contributed by atoms with Crippen molar-refractivity contribution in [1.82, 2.24) is 4.98 Å². The minimum atomic E-state index is -0.410. The first-order valence-electron chi connectivity index (χ1n) is 6.73. The first-order valence-corrected chi connectivity index (χ1v) is 7.55. The molecule has 1 aliphatic carbocycles. The molecule has 3 rings (SSSR count). The van der Waals surface area contributed by atoms with Gasteiger partial charge in [0.25, 0.3) is 5.91 Å². The second kappa shape index (κ2) is 5.14. The summed E-state index contributed by atoms with van der Waals surface area (Å²) < 4.78 is 10.2. The van der Waals surface area contributed by atoms with Gasteiger partial charge in [0.2, 0.25) is 5.76 Å². The Kier molecular flexibility index (Phi) is 3.44. The molecule has 0 radical (unpaired) electrons. The summed E-state index contributed by atoms with van der Waals surface area (Å²) in [5.74, 6) is -0.190. The van der Waals surface area contributed by atoms with E-state index in [1.165, 1.54) is 17.6 Å². The van der Waals surface area contributed by atoms with Crippen LogP contribution in [0.15, 0.2) is 12.0 Å². The molecule has 2 aliphatic rings. The fourth-order valence-corrected chi connectivity index (χ4v) is 3.33. The Balaban J connectivity index is 1.78. The van der Waals surface area contributed by atoms with Gasteiger partial charge in [0.15, 0.2) is 10.9 Å². The Hall–Kier alpha value is -1.89. The van der Waals surface area contributed by atoms with Crippen molar-refractivity contribution >= 4 is 28.2 Å². The summed E-state index contributed by atoms with van der Waals surface area (Å²) in [6.07, 6.45) is 2.54. The monoisotopic (exact) mass is 308 g/mol. The van der Waals surface area contributed by atoms with Gasteiger partial charge in [-0.25, -0.2) is 4.98 Å². The molecule has 0 unspecified atom stereocenters. The van der Waals surface area contributed by atoms with Gasteiger partial charge >= 0.3 is 0 Å². The summed E-state index contributed by atoms with van der Waals surface area (Å²) in [7, 11) is 0. The minimum absolute atomic E-state index is 0.0811. The van der Waals surface area contributed by atoms with E-state index in [1.54, 1.807) is 0 Å². The number of anilines is 1. The van der Waals surface area contributed by atoms with E-state index >= 15 is 0 Å². The molecule has 0 saturated heterocycles. The van der Waals surface area contributed by atoms with Gasteiger partial charge in [0.1, 0.15) is 19.5 Å². The van der Waals surface area contributed by atoms with Crippen molar-refractivity contribution in [2.75, 3.05) is 18.5 Å². The van der Waals surface area contributed by atoms with Gasteiger partial charge < -0.3 is 9.47 Å². The molecule has 0 aromatic carbocycles. The number of ether oxygens (including phenoxy) is 2. The van der Waals surface area contributed by atoms with Crippen molar-refractivity contribution in [3.05, 3.63) is 22.6 Å². The molecule has 1 amide bonds. The van der Waals surface area contributed by atoms with Crippen molar-refractivity contribution in [2.45, 2.75) is 26.7 Å². The normalized spacial score (nSPS) is 19.9. The summed E-state index contributed by atoms with van der Waals surface area (Å²) in [4.78, 5) is 29.1. The first kappa shape index (κ1) is 14.1. The van der Waals surface area contributed by atoms with Gasteiger partial charge in [-0.15, -0.1) is 0 Å². The third-order valence-electron chi connectivity index (χ3n) is 3.33. The van der Waals surface area contributed by atoms with Crippen molar-refractivity contribution in [1.29, 1.82) is 0 Å². The number of ketones is 1. The van der Waals surface area contributed by atoms with E-state index in [1.807, 2.05) is 13.8 Å². The number of amides is 1. The zero-order valence-corrected chi connectivity index (χ0v) is 12.7. The third-order valence-corrected chi connectivity index (χ3v) is 4.38. The standard InChI is InChI=1S/C14H16N2O4S/c1-14(2)5-8-11(9(17)6-14)21-13(15-8)16-12(18)10-7-19-3-4-20-10/h7H,3-6H2,1-2H3,(H,15,16,18). The number of rotatable bonds is 2. The van der Waals surface area contributed by atoms with E-state index in [-0.39, 0.29) is 17.0 Å². The molecule has 0 bridgehead atoms. The lowest BCUT2D eigenvalue weighted by atomic mass is 9.78. The fourth-order valence-electron chi connectivity index (χ4n) is 2.42. The highest BCUT2D eigenvalue weighted by Gasteiger charge is 2.34. The Bertz CT molecular complexity index is 633. The van der Waals surface area contributed by atoms with Crippen LogP contribution >= 0.6 is 11.3 Å². The summed E-state index contributed by atoms with van der Waals surface area (Å²) in [6, 6.07) is 0. The number of Topliss-reactive ketones (excluding diaryl/α,β-unsaturated/α-hetero) is 1. The third kappa shape index (κ3) is 2.92. The SMILES string of the molecule is CC1(C)CC(=O)c2sc(NC(=O)C3=COCCO3)nc2C1. The Morgan fingerprint density at radius 3 is 2.90 bits per heavy atom. The lowest BCUT2D eigenvalue weighted by Gasteiger charge is -2.26. The molecule has 0 fully saturated rings. The second-order valence-electron chi connectivity index (χ2n) is 5.89. The van der Waals surface area contributed by atoms with Gasteiger partial charge in [0.05, 0.1) is 10.6 Å². The van der Waals surface area contributed by atoms with E-state index in [0.29, 0.717) is 29.6 Å². The van der Waals surface area contributed by atoms with Crippen LogP contribution in [0.3, 0.4) is 0 Å². The van der Waals surface area contributed by atoms with Crippen molar-refractivity contribution in [3.63, 3.8) is 0 Å². The highest BCUT2D eigenvalue weighted by atomic mass is 32.1. The van der Waals surface area contributed by atoms with Crippen LogP contribution in [0.5, 0.6) is 0 Å². The van der Waals surface area contributed by atoms with E-state index < -0.39 is 5.91 Å². The van der Waals surface area contributed by atoms with Crippen LogP contribution in [0.2, 0.25) is 0 Å². The predicted octanol–water partition coefficient (Wildman–Crippen LogP) is 2.12. The highest BCUT2D eigenvalue weighted by Crippen LogP contribution is 2.38. The zero-order chi connectivity index (χ0) is 15.0. The second-order valence-corrected chi connectivity index (χ2v) is 6.89. The van der Waals surface area contributed by atoms with Crippen molar-refractivity contribution in [3.8, 4) is 0 Å². The molecule has 0 spiro atoms. The molecule has 21 heavy (non-hydrogen) atoms. The summed E-state index contributed by atoms with van der Waals surface area (Å²) in [5.41, 5.74) is 0.689. The summed E-state index contributed by atoms with van der Waals surface area (Å²) >= 11 is 1.22. The van der Waals surface area contributed by atoms with Crippen LogP contribution in [-0.4, -0.2) is 29.9 Å². The molecule has 1 aromatic rings. The summed E-state index contributed by atoms with van der Waals surface area (Å²) in [6.45, 7) is 4.87. The van der Waals surface area contributed by atoms with Gasteiger partial charge in [-0.2, -0.15) is 0 Å². The van der Waals surface area contributed by atoms with Crippen LogP contribution in [0.25, 0.3) is 0 Å². The first-order chi connectivity index (χ1) is 9.94. The van der Waals surface area contributed by atoms with Gasteiger partial charge in [-0.1, -0.05) is 25.2 Å². The van der Waals surface area contributed by atoms with Gasteiger partial charge in [-0.05, 0) is 11.8 Å². The number of hydrogen-bond acceptors (Lipinski definition) is 6. The molecule has 7 heteroatoms. The van der Waals surface area contributed by atoms with Crippen LogP contribution in [0.1, 0.15) is 35.6 Å². The van der Waals surface area contributed by atoms with E-state index in [4.69, 9.17) is 9.47 Å². The average Bonchev–Trinajstić information content (AvgIpc) is 2.81. The number of nitrogens with one attached hydrogen (secondary N) is 1. The molecule has 0 saturated carbocycles. The van der Waals surface area contributed by atoms with Crippen LogP contribution in [-0.2, 0) is 20.7 Å². The molecular weight excluding hydrogens is 292 g/mol. The summed E-state index contributed by atoms with van der Waals surface area (Å²) in [5, 5.41) is 3.08. The topological polar surface area (TPSA) is 77.5 Å². The minimum Gasteiger partial charge on any atom is -0.494 e. The molecule has 1 N–H and O–H groups in total. The van der Waals surface area contributed by atoms with Crippen molar-refractivity contribution < 1.29 is 19.1 Å². The fraction of sp³-hybridized carbons (Fsp3) is 0.500. The number of hydrogen-bond donors (Lipinski definition) is 1. The molecule has 1 aliphatic heterocycles. The molecule has 6 nitrogen and oxygen atoms in total. The van der Waals surface area contributed by atoms with E-state index in [2.05, 4.69) is 10.3 Å². The predicted molar refractivity (Wildman–Crippen MR) is 77.2 cm³/mol. The lowest BCUT2D eigenvalue weighted by molar-refractivity contribution is -0.117. The maximum Gasteiger partial charge on any atom is 0.295 e. The largest absolute Gasteiger partial charge is 0.494 e. The number of carbonyl (C=O) groups excluding carboxylic acids is 2. The molecule has 1 aromatic heterocycles. The average molecular weight is 308 g/mol. The zero-order valence-electron chi connectivity index (χ0n) is 11.9. The lowest BCUT2D eigenvalue weighted by Crippen LogP contribution is -2.26. The Morgan fingerprint density at radius 2 is 2.19 bits per heavy atom.